The minimum Gasteiger partial charge on any atom is -0.480 e. The highest BCUT2D eigenvalue weighted by Crippen LogP contribution is 1.88. The summed E-state index contributed by atoms with van der Waals surface area (Å²) in [5.74, 6) is -0.964. The molecule has 0 aliphatic rings. The summed E-state index contributed by atoms with van der Waals surface area (Å²) in [6.07, 6.45) is 0. The van der Waals surface area contributed by atoms with Gasteiger partial charge >= 0.3 is 5.97 Å². The first kappa shape index (κ1) is 11.9. The number of carboxylic acids is 1. The van der Waals surface area contributed by atoms with Gasteiger partial charge in [-0.3, -0.25) is 14.5 Å². The Bertz CT molecular complexity index is 174. The van der Waals surface area contributed by atoms with Crippen LogP contribution >= 0.6 is 0 Å². The SMILES string of the molecule is CC(=O)N[C@@H](C)CN(C)CC(=O)O. The van der Waals surface area contributed by atoms with Crippen LogP contribution in [0.4, 0.5) is 0 Å². The molecule has 0 unspecified atom stereocenters. The first-order chi connectivity index (χ1) is 5.91. The lowest BCUT2D eigenvalue weighted by atomic mass is 10.3. The first-order valence-corrected chi connectivity index (χ1v) is 4.09. The van der Waals surface area contributed by atoms with Gasteiger partial charge in [-0.2, -0.15) is 0 Å². The van der Waals surface area contributed by atoms with E-state index in [1.165, 1.54) is 6.92 Å². The molecule has 0 spiro atoms. The molecule has 0 saturated heterocycles. The third-order valence-corrected chi connectivity index (χ3v) is 1.44. The normalized spacial score (nSPS) is 12.6. The van der Waals surface area contributed by atoms with Gasteiger partial charge in [0.1, 0.15) is 0 Å². The Kier molecular flexibility index (Phi) is 5.06. The maximum Gasteiger partial charge on any atom is 0.317 e. The smallest absolute Gasteiger partial charge is 0.317 e. The topological polar surface area (TPSA) is 69.6 Å². The number of carbonyl (C=O) groups is 2. The third-order valence-electron chi connectivity index (χ3n) is 1.44. The van der Waals surface area contributed by atoms with Gasteiger partial charge in [-0.1, -0.05) is 0 Å². The van der Waals surface area contributed by atoms with Gasteiger partial charge < -0.3 is 10.4 Å². The number of aliphatic carboxylic acids is 1. The average Bonchev–Trinajstić information content (AvgIpc) is 1.80. The third kappa shape index (κ3) is 7.27. The second-order valence-electron chi connectivity index (χ2n) is 3.19. The molecule has 5 heteroatoms. The Morgan fingerprint density at radius 3 is 2.46 bits per heavy atom. The molecule has 0 aromatic rings. The maximum atomic E-state index is 10.6. The number of carbonyl (C=O) groups excluding carboxylic acids is 1. The zero-order valence-corrected chi connectivity index (χ0v) is 8.20. The molecule has 1 amide bonds. The van der Waals surface area contributed by atoms with Crippen LogP contribution in [0, 0.1) is 0 Å². The molecule has 0 rings (SSSR count). The fourth-order valence-corrected chi connectivity index (χ4v) is 1.16. The largest absolute Gasteiger partial charge is 0.480 e. The van der Waals surface area contributed by atoms with Gasteiger partial charge in [-0.15, -0.1) is 0 Å². The molecule has 0 aromatic carbocycles. The summed E-state index contributed by atoms with van der Waals surface area (Å²) in [6, 6.07) is -0.0261. The number of hydrogen-bond acceptors (Lipinski definition) is 3. The van der Waals surface area contributed by atoms with Crippen molar-refractivity contribution in [2.24, 2.45) is 0 Å². The van der Waals surface area contributed by atoms with Crippen LogP contribution in [0.1, 0.15) is 13.8 Å². The van der Waals surface area contributed by atoms with Crippen LogP contribution < -0.4 is 5.32 Å². The fourth-order valence-electron chi connectivity index (χ4n) is 1.16. The molecule has 13 heavy (non-hydrogen) atoms. The molecular formula is C8H16N2O3. The molecule has 5 nitrogen and oxygen atoms in total. The predicted molar refractivity (Wildman–Crippen MR) is 48.4 cm³/mol. The van der Waals surface area contributed by atoms with Crippen molar-refractivity contribution in [2.75, 3.05) is 20.1 Å². The van der Waals surface area contributed by atoms with Crippen LogP contribution in [-0.2, 0) is 9.59 Å². The molecule has 0 fully saturated rings. The molecule has 1 atom stereocenters. The molecule has 0 radical (unpaired) electrons. The van der Waals surface area contributed by atoms with Crippen molar-refractivity contribution in [3.8, 4) is 0 Å². The van der Waals surface area contributed by atoms with Crippen LogP contribution in [0.15, 0.2) is 0 Å². The lowest BCUT2D eigenvalue weighted by molar-refractivity contribution is -0.138. The summed E-state index contributed by atoms with van der Waals surface area (Å²) in [6.45, 7) is 3.79. The van der Waals surface area contributed by atoms with E-state index in [-0.39, 0.29) is 18.5 Å². The predicted octanol–water partition coefficient (Wildman–Crippen LogP) is -0.473. The zero-order valence-electron chi connectivity index (χ0n) is 8.20. The number of hydrogen-bond donors (Lipinski definition) is 2. The Hall–Kier alpha value is -1.10. The number of likely N-dealkylation sites (N-methyl/N-ethyl adjacent to an activating group) is 1. The van der Waals surface area contributed by atoms with Gasteiger partial charge in [-0.05, 0) is 14.0 Å². The highest BCUT2D eigenvalue weighted by atomic mass is 16.4. The number of carboxylic acid groups (broad SMARTS) is 1. The standard InChI is InChI=1S/C8H16N2O3/c1-6(9-7(2)11)4-10(3)5-8(12)13/h6H,4-5H2,1-3H3,(H,9,11)(H,12,13)/t6-/m0/s1. The van der Waals surface area contributed by atoms with Gasteiger partial charge in [0.2, 0.25) is 5.91 Å². The van der Waals surface area contributed by atoms with Crippen molar-refractivity contribution >= 4 is 11.9 Å². The van der Waals surface area contributed by atoms with Crippen molar-refractivity contribution in [1.82, 2.24) is 10.2 Å². The number of nitrogens with one attached hydrogen (secondary N) is 1. The van der Waals surface area contributed by atoms with Crippen molar-refractivity contribution in [3.63, 3.8) is 0 Å². The van der Waals surface area contributed by atoms with E-state index in [9.17, 15) is 9.59 Å². The van der Waals surface area contributed by atoms with Crippen molar-refractivity contribution < 1.29 is 14.7 Å². The zero-order chi connectivity index (χ0) is 10.4. The second kappa shape index (κ2) is 5.53. The Morgan fingerprint density at radius 2 is 2.08 bits per heavy atom. The molecular weight excluding hydrogens is 172 g/mol. The lowest BCUT2D eigenvalue weighted by Crippen LogP contribution is -2.41. The summed E-state index contributed by atoms with van der Waals surface area (Å²) >= 11 is 0. The summed E-state index contributed by atoms with van der Waals surface area (Å²) < 4.78 is 0. The van der Waals surface area contributed by atoms with E-state index in [0.29, 0.717) is 6.54 Å². The average molecular weight is 188 g/mol. The number of rotatable bonds is 5. The van der Waals surface area contributed by atoms with E-state index in [1.54, 1.807) is 11.9 Å². The van der Waals surface area contributed by atoms with Gasteiger partial charge in [-0.25, -0.2) is 0 Å². The maximum absolute atomic E-state index is 10.6. The fraction of sp³-hybridized carbons (Fsp3) is 0.750. The van der Waals surface area contributed by atoms with E-state index in [1.807, 2.05) is 6.92 Å². The van der Waals surface area contributed by atoms with Crippen LogP contribution in [0.2, 0.25) is 0 Å². The van der Waals surface area contributed by atoms with E-state index < -0.39 is 5.97 Å². The van der Waals surface area contributed by atoms with E-state index in [4.69, 9.17) is 5.11 Å². The van der Waals surface area contributed by atoms with E-state index >= 15 is 0 Å². The van der Waals surface area contributed by atoms with Crippen molar-refractivity contribution in [2.45, 2.75) is 19.9 Å². The van der Waals surface area contributed by atoms with Gasteiger partial charge in [0.05, 0.1) is 6.54 Å². The van der Waals surface area contributed by atoms with Crippen LogP contribution in [0.25, 0.3) is 0 Å². The molecule has 0 aliphatic heterocycles. The number of nitrogens with zero attached hydrogens (tertiary/aromatic N) is 1. The molecule has 76 valence electrons. The van der Waals surface area contributed by atoms with E-state index in [2.05, 4.69) is 5.32 Å². The van der Waals surface area contributed by atoms with Gasteiger partial charge in [0.25, 0.3) is 0 Å². The summed E-state index contributed by atoms with van der Waals surface area (Å²) in [5.41, 5.74) is 0. The Balaban J connectivity index is 3.70. The summed E-state index contributed by atoms with van der Waals surface area (Å²) in [4.78, 5) is 22.5. The van der Waals surface area contributed by atoms with Gasteiger partial charge in [0.15, 0.2) is 0 Å². The monoisotopic (exact) mass is 188 g/mol. The molecule has 0 bridgehead atoms. The quantitative estimate of drug-likeness (QED) is 0.612. The van der Waals surface area contributed by atoms with Crippen LogP contribution in [0.5, 0.6) is 0 Å². The highest BCUT2D eigenvalue weighted by molar-refractivity contribution is 5.73. The summed E-state index contributed by atoms with van der Waals surface area (Å²) in [5, 5.41) is 11.1. The second-order valence-corrected chi connectivity index (χ2v) is 3.19. The highest BCUT2D eigenvalue weighted by Gasteiger charge is 2.09. The lowest BCUT2D eigenvalue weighted by Gasteiger charge is -2.19. The Morgan fingerprint density at radius 1 is 1.54 bits per heavy atom. The first-order valence-electron chi connectivity index (χ1n) is 4.09. The molecule has 0 aromatic heterocycles. The van der Waals surface area contributed by atoms with Crippen LogP contribution in [0.3, 0.4) is 0 Å². The van der Waals surface area contributed by atoms with E-state index in [0.717, 1.165) is 0 Å². The Labute approximate surface area is 77.7 Å². The van der Waals surface area contributed by atoms with Crippen molar-refractivity contribution in [3.05, 3.63) is 0 Å². The molecule has 0 aliphatic carbocycles. The summed E-state index contributed by atoms with van der Waals surface area (Å²) in [7, 11) is 1.70. The minimum absolute atomic E-state index is 0.01000. The molecule has 0 saturated carbocycles. The molecule has 2 N–H and O–H groups in total. The van der Waals surface area contributed by atoms with Crippen molar-refractivity contribution in [1.29, 1.82) is 0 Å². The minimum atomic E-state index is -0.863. The van der Waals surface area contributed by atoms with Gasteiger partial charge in [0, 0.05) is 19.5 Å². The van der Waals surface area contributed by atoms with Crippen LogP contribution in [-0.4, -0.2) is 48.1 Å². The molecule has 0 heterocycles. The number of amides is 1.